The summed E-state index contributed by atoms with van der Waals surface area (Å²) < 4.78 is 0. The lowest BCUT2D eigenvalue weighted by Gasteiger charge is -2.28. The molecule has 0 aromatic carbocycles. The Morgan fingerprint density at radius 2 is 1.90 bits per heavy atom. The third-order valence-corrected chi connectivity index (χ3v) is 4.12. The first-order chi connectivity index (χ1) is 10.0. The van der Waals surface area contributed by atoms with Crippen molar-refractivity contribution in [2.75, 3.05) is 11.9 Å². The van der Waals surface area contributed by atoms with Gasteiger partial charge in [-0.25, -0.2) is 4.98 Å². The molecular formula is C15H21N3O3. The normalized spacial score (nSPS) is 17.7. The number of hydrogen-bond donors (Lipinski definition) is 3. The number of hydrogen-bond acceptors (Lipinski definition) is 4. The van der Waals surface area contributed by atoms with E-state index in [1.807, 2.05) is 0 Å². The number of carbonyl (C=O) groups is 2. The number of primary amides is 1. The molecule has 6 nitrogen and oxygen atoms in total. The van der Waals surface area contributed by atoms with Crippen molar-refractivity contribution in [3.05, 3.63) is 23.9 Å². The van der Waals surface area contributed by atoms with Crippen LogP contribution in [0.5, 0.6) is 0 Å². The minimum Gasteiger partial charge on any atom is -0.481 e. The number of nitrogens with two attached hydrogens (primary N) is 1. The number of carbonyl (C=O) groups excluding carboxylic acids is 1. The van der Waals surface area contributed by atoms with Gasteiger partial charge in [0.15, 0.2) is 0 Å². The van der Waals surface area contributed by atoms with E-state index in [4.69, 9.17) is 5.73 Å². The second kappa shape index (κ2) is 6.56. The van der Waals surface area contributed by atoms with Crippen molar-refractivity contribution in [1.82, 2.24) is 4.98 Å². The number of nitrogens with zero attached hydrogens (tertiary/aromatic N) is 1. The fraction of sp³-hybridized carbons (Fsp3) is 0.533. The maximum absolute atomic E-state index is 11.7. The number of pyridine rings is 1. The third kappa shape index (κ3) is 3.71. The van der Waals surface area contributed by atoms with Crippen LogP contribution in [0.1, 0.15) is 49.0 Å². The number of anilines is 1. The molecule has 0 saturated heterocycles. The molecule has 2 rings (SSSR count). The van der Waals surface area contributed by atoms with Gasteiger partial charge in [-0.2, -0.15) is 0 Å². The first-order valence-electron chi connectivity index (χ1n) is 7.28. The van der Waals surface area contributed by atoms with Crippen molar-refractivity contribution in [2.24, 2.45) is 11.1 Å². The predicted octanol–water partition coefficient (Wildman–Crippen LogP) is 2.02. The minimum absolute atomic E-state index is 0.172. The van der Waals surface area contributed by atoms with Crippen LogP contribution in [0.4, 0.5) is 5.82 Å². The average Bonchev–Trinajstić information content (AvgIpc) is 2.72. The van der Waals surface area contributed by atoms with Crippen LogP contribution in [0.2, 0.25) is 0 Å². The van der Waals surface area contributed by atoms with Gasteiger partial charge in [-0.1, -0.05) is 31.7 Å². The van der Waals surface area contributed by atoms with E-state index in [9.17, 15) is 14.7 Å². The first kappa shape index (κ1) is 15.3. The van der Waals surface area contributed by atoms with Crippen molar-refractivity contribution in [2.45, 2.75) is 38.5 Å². The second-order valence-corrected chi connectivity index (χ2v) is 5.63. The number of amides is 1. The second-order valence-electron chi connectivity index (χ2n) is 5.63. The molecule has 0 radical (unpaired) electrons. The Labute approximate surface area is 123 Å². The Morgan fingerprint density at radius 3 is 2.48 bits per heavy atom. The monoisotopic (exact) mass is 291 g/mol. The SMILES string of the molecule is NC(=O)c1cccc(NCC2(C(=O)O)CCCCCC2)n1. The van der Waals surface area contributed by atoms with Crippen LogP contribution in [0.3, 0.4) is 0 Å². The molecule has 1 aromatic rings. The number of rotatable bonds is 5. The van der Waals surface area contributed by atoms with E-state index in [2.05, 4.69) is 10.3 Å². The number of aromatic nitrogens is 1. The topological polar surface area (TPSA) is 105 Å². The molecule has 114 valence electrons. The van der Waals surface area contributed by atoms with Gasteiger partial charge in [0, 0.05) is 6.54 Å². The minimum atomic E-state index is -0.761. The zero-order chi connectivity index (χ0) is 15.3. The highest BCUT2D eigenvalue weighted by Crippen LogP contribution is 2.35. The standard InChI is InChI=1S/C15H21N3O3/c16-13(19)11-6-5-7-12(18-11)17-10-15(14(20)21)8-3-1-2-4-9-15/h5-7H,1-4,8-10H2,(H2,16,19)(H,17,18)(H,20,21). The van der Waals surface area contributed by atoms with Gasteiger partial charge in [-0.3, -0.25) is 9.59 Å². The molecular weight excluding hydrogens is 270 g/mol. The lowest BCUT2D eigenvalue weighted by Crippen LogP contribution is -2.37. The van der Waals surface area contributed by atoms with E-state index in [-0.39, 0.29) is 5.69 Å². The van der Waals surface area contributed by atoms with Crippen LogP contribution < -0.4 is 11.1 Å². The van der Waals surface area contributed by atoms with Crippen molar-refractivity contribution in [3.63, 3.8) is 0 Å². The van der Waals surface area contributed by atoms with Crippen molar-refractivity contribution in [1.29, 1.82) is 0 Å². The van der Waals surface area contributed by atoms with Gasteiger partial charge in [-0.15, -0.1) is 0 Å². The van der Waals surface area contributed by atoms with Crippen LogP contribution >= 0.6 is 0 Å². The fourth-order valence-electron chi connectivity index (χ4n) is 2.80. The Morgan fingerprint density at radius 1 is 1.24 bits per heavy atom. The highest BCUT2D eigenvalue weighted by molar-refractivity contribution is 5.91. The molecule has 1 aromatic heterocycles. The maximum atomic E-state index is 11.7. The van der Waals surface area contributed by atoms with E-state index < -0.39 is 17.3 Å². The van der Waals surface area contributed by atoms with E-state index in [1.54, 1.807) is 12.1 Å². The molecule has 0 aliphatic heterocycles. The molecule has 4 N–H and O–H groups in total. The van der Waals surface area contributed by atoms with Crippen LogP contribution in [0, 0.1) is 5.41 Å². The fourth-order valence-corrected chi connectivity index (χ4v) is 2.80. The summed E-state index contributed by atoms with van der Waals surface area (Å²) in [4.78, 5) is 26.9. The maximum Gasteiger partial charge on any atom is 0.311 e. The lowest BCUT2D eigenvalue weighted by atomic mass is 9.80. The molecule has 1 aliphatic carbocycles. The Bertz CT molecular complexity index is 523. The van der Waals surface area contributed by atoms with Gasteiger partial charge < -0.3 is 16.2 Å². The summed E-state index contributed by atoms with van der Waals surface area (Å²) in [6, 6.07) is 4.92. The zero-order valence-electron chi connectivity index (χ0n) is 12.0. The van der Waals surface area contributed by atoms with Gasteiger partial charge in [-0.05, 0) is 25.0 Å². The Hall–Kier alpha value is -2.11. The summed E-state index contributed by atoms with van der Waals surface area (Å²) >= 11 is 0. The smallest absolute Gasteiger partial charge is 0.311 e. The van der Waals surface area contributed by atoms with E-state index in [1.165, 1.54) is 6.07 Å². The zero-order valence-corrected chi connectivity index (χ0v) is 12.0. The van der Waals surface area contributed by atoms with E-state index in [0.717, 1.165) is 25.7 Å². The van der Waals surface area contributed by atoms with Gasteiger partial charge in [0.2, 0.25) is 0 Å². The van der Waals surface area contributed by atoms with Crippen molar-refractivity contribution >= 4 is 17.7 Å². The molecule has 1 amide bonds. The number of aliphatic carboxylic acids is 1. The highest BCUT2D eigenvalue weighted by atomic mass is 16.4. The summed E-state index contributed by atoms with van der Waals surface area (Å²) in [5.74, 6) is -0.875. The Balaban J connectivity index is 2.09. The predicted molar refractivity (Wildman–Crippen MR) is 79.0 cm³/mol. The summed E-state index contributed by atoms with van der Waals surface area (Å²) in [5, 5.41) is 12.7. The molecule has 0 unspecified atom stereocenters. The molecule has 0 bridgehead atoms. The van der Waals surface area contributed by atoms with Gasteiger partial charge in [0.1, 0.15) is 11.5 Å². The molecule has 21 heavy (non-hydrogen) atoms. The summed E-state index contributed by atoms with van der Waals surface area (Å²) in [5.41, 5.74) is 4.62. The van der Waals surface area contributed by atoms with E-state index >= 15 is 0 Å². The number of nitrogens with one attached hydrogen (secondary N) is 1. The first-order valence-corrected chi connectivity index (χ1v) is 7.28. The van der Waals surface area contributed by atoms with Gasteiger partial charge in [0.05, 0.1) is 5.41 Å². The van der Waals surface area contributed by atoms with Crippen LogP contribution in [-0.2, 0) is 4.79 Å². The summed E-state index contributed by atoms with van der Waals surface area (Å²) in [6.45, 7) is 0.317. The molecule has 0 spiro atoms. The Kier molecular flexibility index (Phi) is 4.77. The van der Waals surface area contributed by atoms with Crippen molar-refractivity contribution < 1.29 is 14.7 Å². The molecule has 1 heterocycles. The molecule has 1 aliphatic rings. The summed E-state index contributed by atoms with van der Waals surface area (Å²) in [6.07, 6.45) is 5.38. The highest BCUT2D eigenvalue weighted by Gasteiger charge is 2.38. The summed E-state index contributed by atoms with van der Waals surface area (Å²) in [7, 11) is 0. The largest absolute Gasteiger partial charge is 0.481 e. The lowest BCUT2D eigenvalue weighted by molar-refractivity contribution is -0.149. The molecule has 1 fully saturated rings. The third-order valence-electron chi connectivity index (χ3n) is 4.12. The number of carboxylic acid groups (broad SMARTS) is 1. The quantitative estimate of drug-likeness (QED) is 0.720. The average molecular weight is 291 g/mol. The van der Waals surface area contributed by atoms with Crippen LogP contribution in [0.25, 0.3) is 0 Å². The van der Waals surface area contributed by atoms with Crippen LogP contribution in [-0.4, -0.2) is 28.5 Å². The molecule has 6 heteroatoms. The van der Waals surface area contributed by atoms with Crippen LogP contribution in [0.15, 0.2) is 18.2 Å². The van der Waals surface area contributed by atoms with Gasteiger partial charge in [0.25, 0.3) is 5.91 Å². The molecule has 1 saturated carbocycles. The molecule has 0 atom stereocenters. The van der Waals surface area contributed by atoms with Gasteiger partial charge >= 0.3 is 5.97 Å². The van der Waals surface area contributed by atoms with Crippen molar-refractivity contribution in [3.8, 4) is 0 Å². The van der Waals surface area contributed by atoms with E-state index in [0.29, 0.717) is 25.2 Å². The number of carboxylic acids is 1.